The summed E-state index contributed by atoms with van der Waals surface area (Å²) >= 11 is 1.62. The van der Waals surface area contributed by atoms with Crippen LogP contribution in [0.1, 0.15) is 37.0 Å². The molecule has 17 heavy (non-hydrogen) atoms. The number of nitrogens with zero attached hydrogens (tertiary/aromatic N) is 3. The summed E-state index contributed by atoms with van der Waals surface area (Å²) in [7, 11) is 0. The third kappa shape index (κ3) is 2.49. The average Bonchev–Trinajstić information content (AvgIpc) is 2.86. The molecular weight excluding hydrogens is 232 g/mol. The molecular formula is C12H18N4S. The largest absolute Gasteiger partial charge is 0.376 e. The summed E-state index contributed by atoms with van der Waals surface area (Å²) in [6, 6.07) is 0.392. The third-order valence-corrected chi connectivity index (χ3v) is 3.38. The van der Waals surface area contributed by atoms with E-state index < -0.39 is 0 Å². The quantitative estimate of drug-likeness (QED) is 0.906. The van der Waals surface area contributed by atoms with Gasteiger partial charge in [-0.1, -0.05) is 0 Å². The molecule has 92 valence electrons. The topological polar surface area (TPSA) is 42.7 Å². The summed E-state index contributed by atoms with van der Waals surface area (Å²) in [4.78, 5) is 4.26. The van der Waals surface area contributed by atoms with Crippen LogP contribution in [0.4, 0.5) is 5.69 Å². The van der Waals surface area contributed by atoms with E-state index in [-0.39, 0.29) is 0 Å². The van der Waals surface area contributed by atoms with Gasteiger partial charge in [0, 0.05) is 11.4 Å². The van der Waals surface area contributed by atoms with E-state index in [0.717, 1.165) is 23.6 Å². The second-order valence-electron chi connectivity index (χ2n) is 4.42. The maximum absolute atomic E-state index is 4.55. The highest BCUT2D eigenvalue weighted by atomic mass is 32.1. The van der Waals surface area contributed by atoms with Gasteiger partial charge in [-0.15, -0.1) is 11.3 Å². The molecule has 0 saturated heterocycles. The molecule has 4 nitrogen and oxygen atoms in total. The van der Waals surface area contributed by atoms with Crippen molar-refractivity contribution in [1.29, 1.82) is 0 Å². The van der Waals surface area contributed by atoms with Crippen molar-refractivity contribution in [1.82, 2.24) is 14.8 Å². The van der Waals surface area contributed by atoms with Crippen molar-refractivity contribution in [3.8, 4) is 0 Å². The van der Waals surface area contributed by atoms with Crippen molar-refractivity contribution in [2.24, 2.45) is 0 Å². The summed E-state index contributed by atoms with van der Waals surface area (Å²) in [5.74, 6) is 0. The standard InChI is InChI=1S/C12H18N4S/c1-8(2)16-10(4)12(9(3)15-16)13-5-11-6-17-7-14-11/h6-8,13H,5H2,1-4H3. The SMILES string of the molecule is Cc1nn(C(C)C)c(C)c1NCc1cscn1. The van der Waals surface area contributed by atoms with Crippen LogP contribution in [0.5, 0.6) is 0 Å². The van der Waals surface area contributed by atoms with Crippen molar-refractivity contribution >= 4 is 17.0 Å². The number of aromatic nitrogens is 3. The van der Waals surface area contributed by atoms with Crippen LogP contribution in [0, 0.1) is 13.8 Å². The molecule has 1 N–H and O–H groups in total. The van der Waals surface area contributed by atoms with Gasteiger partial charge in [-0.25, -0.2) is 4.98 Å². The first-order chi connectivity index (χ1) is 8.09. The van der Waals surface area contributed by atoms with Crippen LogP contribution in [0.25, 0.3) is 0 Å². The molecule has 0 amide bonds. The summed E-state index contributed by atoms with van der Waals surface area (Å²) in [5, 5.41) is 10.0. The van der Waals surface area contributed by atoms with Gasteiger partial charge in [-0.2, -0.15) is 5.10 Å². The first kappa shape index (κ1) is 12.1. The first-order valence-electron chi connectivity index (χ1n) is 5.76. The Morgan fingerprint density at radius 3 is 2.71 bits per heavy atom. The van der Waals surface area contributed by atoms with Gasteiger partial charge in [0.1, 0.15) is 0 Å². The molecule has 0 spiro atoms. The predicted molar refractivity (Wildman–Crippen MR) is 71.5 cm³/mol. The van der Waals surface area contributed by atoms with Gasteiger partial charge >= 0.3 is 0 Å². The Bertz CT molecular complexity index is 485. The molecule has 2 aromatic rings. The minimum atomic E-state index is 0.392. The Labute approximate surface area is 106 Å². The molecule has 0 aromatic carbocycles. The molecule has 2 aromatic heterocycles. The van der Waals surface area contributed by atoms with Gasteiger partial charge in [0.2, 0.25) is 0 Å². The molecule has 0 saturated carbocycles. The Morgan fingerprint density at radius 1 is 1.41 bits per heavy atom. The van der Waals surface area contributed by atoms with Crippen LogP contribution in [0.3, 0.4) is 0 Å². The van der Waals surface area contributed by atoms with E-state index in [1.54, 1.807) is 11.3 Å². The van der Waals surface area contributed by atoms with Gasteiger partial charge in [0.25, 0.3) is 0 Å². The number of hydrogen-bond acceptors (Lipinski definition) is 4. The number of aryl methyl sites for hydroxylation is 1. The zero-order valence-electron chi connectivity index (χ0n) is 10.7. The molecule has 2 heterocycles. The van der Waals surface area contributed by atoms with E-state index in [9.17, 15) is 0 Å². The van der Waals surface area contributed by atoms with Gasteiger partial charge in [0.05, 0.1) is 34.8 Å². The molecule has 2 rings (SSSR count). The van der Waals surface area contributed by atoms with Crippen molar-refractivity contribution in [2.75, 3.05) is 5.32 Å². The summed E-state index contributed by atoms with van der Waals surface area (Å²) in [5.41, 5.74) is 6.30. The molecule has 0 bridgehead atoms. The van der Waals surface area contributed by atoms with E-state index in [1.165, 1.54) is 5.69 Å². The fraction of sp³-hybridized carbons (Fsp3) is 0.500. The maximum atomic E-state index is 4.55. The van der Waals surface area contributed by atoms with Crippen LogP contribution in [-0.2, 0) is 6.54 Å². The monoisotopic (exact) mass is 250 g/mol. The van der Waals surface area contributed by atoms with E-state index in [1.807, 2.05) is 12.4 Å². The molecule has 5 heteroatoms. The zero-order chi connectivity index (χ0) is 12.4. The molecule has 0 atom stereocenters. The van der Waals surface area contributed by atoms with Crippen LogP contribution >= 0.6 is 11.3 Å². The second kappa shape index (κ2) is 4.87. The number of nitrogens with one attached hydrogen (secondary N) is 1. The number of hydrogen-bond donors (Lipinski definition) is 1. The lowest BCUT2D eigenvalue weighted by Crippen LogP contribution is -2.06. The highest BCUT2D eigenvalue weighted by Crippen LogP contribution is 2.22. The van der Waals surface area contributed by atoms with E-state index in [0.29, 0.717) is 6.04 Å². The lowest BCUT2D eigenvalue weighted by Gasteiger charge is -2.09. The molecule has 0 aliphatic carbocycles. The Hall–Kier alpha value is -1.36. The fourth-order valence-corrected chi connectivity index (χ4v) is 2.48. The predicted octanol–water partition coefficient (Wildman–Crippen LogP) is 3.15. The number of anilines is 1. The lowest BCUT2D eigenvalue weighted by atomic mass is 10.3. The minimum absolute atomic E-state index is 0.392. The average molecular weight is 250 g/mol. The normalized spacial score (nSPS) is 11.1. The first-order valence-corrected chi connectivity index (χ1v) is 6.70. The van der Waals surface area contributed by atoms with Gasteiger partial charge in [-0.3, -0.25) is 4.68 Å². The Balaban J connectivity index is 2.15. The van der Waals surface area contributed by atoms with Crippen molar-refractivity contribution in [3.63, 3.8) is 0 Å². The summed E-state index contributed by atoms with van der Waals surface area (Å²) in [6.45, 7) is 9.18. The molecule has 0 aliphatic heterocycles. The zero-order valence-corrected chi connectivity index (χ0v) is 11.5. The third-order valence-electron chi connectivity index (χ3n) is 2.74. The van der Waals surface area contributed by atoms with Gasteiger partial charge in [0.15, 0.2) is 0 Å². The molecule has 0 unspecified atom stereocenters. The highest BCUT2D eigenvalue weighted by molar-refractivity contribution is 7.07. The van der Waals surface area contributed by atoms with E-state index in [4.69, 9.17) is 0 Å². The molecule has 0 radical (unpaired) electrons. The molecule has 0 aliphatic rings. The minimum Gasteiger partial charge on any atom is -0.376 e. The second-order valence-corrected chi connectivity index (χ2v) is 5.14. The summed E-state index contributed by atoms with van der Waals surface area (Å²) < 4.78 is 2.05. The Morgan fingerprint density at radius 2 is 2.18 bits per heavy atom. The van der Waals surface area contributed by atoms with Crippen molar-refractivity contribution in [2.45, 2.75) is 40.3 Å². The van der Waals surface area contributed by atoms with Crippen LogP contribution in [-0.4, -0.2) is 14.8 Å². The van der Waals surface area contributed by atoms with E-state index >= 15 is 0 Å². The van der Waals surface area contributed by atoms with E-state index in [2.05, 4.69) is 46.2 Å². The van der Waals surface area contributed by atoms with Crippen LogP contribution in [0.15, 0.2) is 10.9 Å². The fourth-order valence-electron chi connectivity index (χ4n) is 1.93. The Kier molecular flexibility index (Phi) is 3.47. The van der Waals surface area contributed by atoms with Crippen molar-refractivity contribution < 1.29 is 0 Å². The van der Waals surface area contributed by atoms with Gasteiger partial charge in [-0.05, 0) is 27.7 Å². The smallest absolute Gasteiger partial charge is 0.0828 e. The number of thiazole rings is 1. The van der Waals surface area contributed by atoms with Crippen LogP contribution in [0.2, 0.25) is 0 Å². The van der Waals surface area contributed by atoms with Crippen molar-refractivity contribution in [3.05, 3.63) is 28.0 Å². The maximum Gasteiger partial charge on any atom is 0.0828 e. The highest BCUT2D eigenvalue weighted by Gasteiger charge is 2.12. The van der Waals surface area contributed by atoms with Gasteiger partial charge < -0.3 is 5.32 Å². The number of rotatable bonds is 4. The lowest BCUT2D eigenvalue weighted by molar-refractivity contribution is 0.516. The summed E-state index contributed by atoms with van der Waals surface area (Å²) in [6.07, 6.45) is 0. The molecule has 0 fully saturated rings. The van der Waals surface area contributed by atoms with Crippen LogP contribution < -0.4 is 5.32 Å².